The van der Waals surface area contributed by atoms with Gasteiger partial charge in [-0.15, -0.1) is 11.8 Å². The fourth-order valence-electron chi connectivity index (χ4n) is 4.00. The van der Waals surface area contributed by atoms with Gasteiger partial charge in [0.05, 0.1) is 17.6 Å². The summed E-state index contributed by atoms with van der Waals surface area (Å²) in [7, 11) is 0. The molecule has 0 fully saturated rings. The van der Waals surface area contributed by atoms with Crippen LogP contribution >= 0.6 is 11.8 Å². The van der Waals surface area contributed by atoms with Crippen LogP contribution in [0.15, 0.2) is 59.8 Å². The Kier molecular flexibility index (Phi) is 6.42. The first-order valence-electron chi connectivity index (χ1n) is 11.0. The summed E-state index contributed by atoms with van der Waals surface area (Å²) in [5, 5.41) is 10.4. The van der Waals surface area contributed by atoms with E-state index in [4.69, 9.17) is 5.11 Å². The van der Waals surface area contributed by atoms with E-state index in [0.29, 0.717) is 28.8 Å². The van der Waals surface area contributed by atoms with Gasteiger partial charge >= 0.3 is 5.97 Å². The number of aromatic nitrogens is 2. The number of fused-ring (bicyclic) bond motifs is 3. The average molecular weight is 487 g/mol. The molecule has 0 aliphatic heterocycles. The summed E-state index contributed by atoms with van der Waals surface area (Å²) in [6, 6.07) is 13.9. The van der Waals surface area contributed by atoms with Crippen molar-refractivity contribution in [2.24, 2.45) is 0 Å². The zero-order valence-electron chi connectivity index (χ0n) is 18.5. The molecule has 1 aliphatic rings. The molecule has 4 aromatic rings. The fraction of sp³-hybridized carbons (Fsp3) is 0.107. The van der Waals surface area contributed by atoms with E-state index in [0.717, 1.165) is 45.0 Å². The minimum absolute atomic E-state index is 0.0851. The SMILES string of the molecule is O=C(O)CCSc1nccc2c1Cc1cc(/C=C/c3ccc4cc(F)c(F)cc4n3)ccc1C=C2. The van der Waals surface area contributed by atoms with Crippen LogP contribution in [0.5, 0.6) is 0 Å². The molecular formula is C28H20F2N2O2S. The molecule has 1 aliphatic carbocycles. The summed E-state index contributed by atoms with van der Waals surface area (Å²) in [5.74, 6) is -2.16. The highest BCUT2D eigenvalue weighted by molar-refractivity contribution is 7.99. The predicted molar refractivity (Wildman–Crippen MR) is 136 cm³/mol. The number of rotatable bonds is 6. The average Bonchev–Trinajstić information content (AvgIpc) is 3.03. The molecule has 1 N–H and O–H groups in total. The first-order valence-corrected chi connectivity index (χ1v) is 12.0. The van der Waals surface area contributed by atoms with Crippen molar-refractivity contribution in [3.05, 3.63) is 99.9 Å². The second-order valence-electron chi connectivity index (χ2n) is 8.17. The molecule has 0 atom stereocenters. The Morgan fingerprint density at radius 2 is 1.83 bits per heavy atom. The maximum Gasteiger partial charge on any atom is 0.304 e. The third-order valence-electron chi connectivity index (χ3n) is 5.78. The van der Waals surface area contributed by atoms with Crippen LogP contribution in [0.2, 0.25) is 0 Å². The lowest BCUT2D eigenvalue weighted by molar-refractivity contribution is -0.136. The number of benzene rings is 2. The van der Waals surface area contributed by atoms with E-state index in [9.17, 15) is 13.6 Å². The summed E-state index contributed by atoms with van der Waals surface area (Å²) in [6.07, 6.45) is 10.5. The standard InChI is InChI=1S/C28H20F2N2O2S/c29-24-15-20-6-8-22(32-26(20)16-25(24)30)7-2-17-1-3-18-4-5-19-9-11-31-28(35-12-10-27(33)34)23(19)14-21(18)13-17/h1-9,11,13,15-16H,10,12,14H2,(H,33,34)/b7-2+. The van der Waals surface area contributed by atoms with Crippen LogP contribution in [-0.4, -0.2) is 26.8 Å². The Bertz CT molecular complexity index is 1510. The normalized spacial score (nSPS) is 12.5. The lowest BCUT2D eigenvalue weighted by Gasteiger charge is -2.11. The highest BCUT2D eigenvalue weighted by atomic mass is 32.2. The van der Waals surface area contributed by atoms with Crippen LogP contribution in [-0.2, 0) is 11.2 Å². The summed E-state index contributed by atoms with van der Waals surface area (Å²) >= 11 is 1.46. The molecule has 5 rings (SSSR count). The van der Waals surface area contributed by atoms with Gasteiger partial charge in [-0.25, -0.2) is 18.7 Å². The van der Waals surface area contributed by atoms with Crippen LogP contribution in [0.25, 0.3) is 35.2 Å². The Balaban J connectivity index is 1.41. The quantitative estimate of drug-likeness (QED) is 0.270. The smallest absolute Gasteiger partial charge is 0.304 e. The Morgan fingerprint density at radius 1 is 1.00 bits per heavy atom. The van der Waals surface area contributed by atoms with Crippen LogP contribution in [0.1, 0.15) is 39.9 Å². The number of halogens is 2. The van der Waals surface area contributed by atoms with Gasteiger partial charge in [-0.05, 0) is 52.1 Å². The van der Waals surface area contributed by atoms with Gasteiger partial charge in [0.1, 0.15) is 5.03 Å². The summed E-state index contributed by atoms with van der Waals surface area (Å²) in [5.41, 5.74) is 6.44. The lowest BCUT2D eigenvalue weighted by Crippen LogP contribution is -2.00. The van der Waals surface area contributed by atoms with Gasteiger partial charge < -0.3 is 5.11 Å². The van der Waals surface area contributed by atoms with Crippen LogP contribution < -0.4 is 0 Å². The van der Waals surface area contributed by atoms with E-state index in [-0.39, 0.29) is 6.42 Å². The molecule has 35 heavy (non-hydrogen) atoms. The largest absolute Gasteiger partial charge is 0.481 e. The molecule has 2 aromatic carbocycles. The van der Waals surface area contributed by atoms with E-state index in [1.807, 2.05) is 24.3 Å². The minimum Gasteiger partial charge on any atom is -0.481 e. The highest BCUT2D eigenvalue weighted by Crippen LogP contribution is 2.32. The van der Waals surface area contributed by atoms with Gasteiger partial charge in [0.15, 0.2) is 11.6 Å². The zero-order valence-corrected chi connectivity index (χ0v) is 19.4. The van der Waals surface area contributed by atoms with E-state index in [2.05, 4.69) is 34.3 Å². The number of pyridine rings is 2. The second-order valence-corrected chi connectivity index (χ2v) is 9.26. The number of carbonyl (C=O) groups is 1. The Morgan fingerprint density at radius 3 is 2.69 bits per heavy atom. The van der Waals surface area contributed by atoms with E-state index in [1.54, 1.807) is 18.3 Å². The monoisotopic (exact) mass is 486 g/mol. The number of nitrogens with zero attached hydrogens (tertiary/aromatic N) is 2. The van der Waals surface area contributed by atoms with Crippen molar-refractivity contribution in [1.29, 1.82) is 0 Å². The van der Waals surface area contributed by atoms with Crippen molar-refractivity contribution in [3.63, 3.8) is 0 Å². The number of carboxylic acids is 1. The van der Waals surface area contributed by atoms with E-state index in [1.165, 1.54) is 11.8 Å². The van der Waals surface area contributed by atoms with Gasteiger partial charge in [0.2, 0.25) is 0 Å². The number of hydrogen-bond donors (Lipinski definition) is 1. The lowest BCUT2D eigenvalue weighted by atomic mass is 9.98. The van der Waals surface area contributed by atoms with Crippen molar-refractivity contribution in [1.82, 2.24) is 9.97 Å². The number of thioether (sulfide) groups is 1. The van der Waals surface area contributed by atoms with Crippen molar-refractivity contribution in [2.75, 3.05) is 5.75 Å². The second kappa shape index (κ2) is 9.80. The zero-order chi connectivity index (χ0) is 24.4. The molecule has 2 heterocycles. The minimum atomic E-state index is -0.916. The van der Waals surface area contributed by atoms with Crippen molar-refractivity contribution >= 4 is 52.9 Å². The summed E-state index contributed by atoms with van der Waals surface area (Å²) < 4.78 is 27.0. The summed E-state index contributed by atoms with van der Waals surface area (Å²) in [6.45, 7) is 0. The molecule has 7 heteroatoms. The van der Waals surface area contributed by atoms with Crippen molar-refractivity contribution in [2.45, 2.75) is 17.9 Å². The van der Waals surface area contributed by atoms with Crippen LogP contribution in [0, 0.1) is 11.6 Å². The molecule has 4 nitrogen and oxygen atoms in total. The van der Waals surface area contributed by atoms with E-state index >= 15 is 0 Å². The molecular weight excluding hydrogens is 466 g/mol. The van der Waals surface area contributed by atoms with Crippen LogP contribution in [0.3, 0.4) is 0 Å². The van der Waals surface area contributed by atoms with Gasteiger partial charge in [-0.3, -0.25) is 4.79 Å². The molecule has 0 radical (unpaired) electrons. The van der Waals surface area contributed by atoms with E-state index < -0.39 is 17.6 Å². The molecule has 2 aromatic heterocycles. The molecule has 0 unspecified atom stereocenters. The van der Waals surface area contributed by atoms with Crippen LogP contribution in [0.4, 0.5) is 8.78 Å². The van der Waals surface area contributed by atoms with Crippen molar-refractivity contribution in [3.8, 4) is 0 Å². The number of carboxylic acid groups (broad SMARTS) is 1. The molecule has 0 saturated heterocycles. The topological polar surface area (TPSA) is 63.1 Å². The van der Waals surface area contributed by atoms with Gasteiger partial charge in [0, 0.05) is 29.8 Å². The Labute approximate surface area is 205 Å². The van der Waals surface area contributed by atoms with Crippen molar-refractivity contribution < 1.29 is 18.7 Å². The first-order chi connectivity index (χ1) is 17.0. The molecule has 0 saturated carbocycles. The fourth-order valence-corrected chi connectivity index (χ4v) is 4.97. The third kappa shape index (κ3) is 5.15. The third-order valence-corrected chi connectivity index (χ3v) is 6.82. The number of aliphatic carboxylic acids is 1. The van der Waals surface area contributed by atoms with Gasteiger partial charge in [-0.2, -0.15) is 0 Å². The van der Waals surface area contributed by atoms with Gasteiger partial charge in [0.25, 0.3) is 0 Å². The molecule has 174 valence electrons. The Hall–Kier alpha value is -3.84. The molecule has 0 spiro atoms. The maximum absolute atomic E-state index is 13.6. The molecule has 0 amide bonds. The predicted octanol–water partition coefficient (Wildman–Crippen LogP) is 6.72. The number of hydrogen-bond acceptors (Lipinski definition) is 4. The maximum atomic E-state index is 13.6. The summed E-state index contributed by atoms with van der Waals surface area (Å²) in [4.78, 5) is 19.8. The van der Waals surface area contributed by atoms with Gasteiger partial charge in [-0.1, -0.05) is 42.5 Å². The first kappa shape index (κ1) is 22.9. The highest BCUT2D eigenvalue weighted by Gasteiger charge is 2.15. The molecule has 0 bridgehead atoms.